The molecule has 5 rings (SSSR count). The zero-order chi connectivity index (χ0) is 19.8. The number of fused-ring (bicyclic) bond motifs is 1. The number of carbonyl (C=O) groups excluding carboxylic acids is 1. The van der Waals surface area contributed by atoms with Crippen molar-refractivity contribution in [2.24, 2.45) is 0 Å². The lowest BCUT2D eigenvalue weighted by Crippen LogP contribution is -2.25. The minimum absolute atomic E-state index is 0.0144. The van der Waals surface area contributed by atoms with Crippen molar-refractivity contribution in [3.63, 3.8) is 0 Å². The van der Waals surface area contributed by atoms with Gasteiger partial charge in [-0.1, -0.05) is 25.0 Å². The molecular formula is C24H26N4O. The molecule has 0 unspecified atom stereocenters. The molecule has 0 bridgehead atoms. The average molecular weight is 386 g/mol. The summed E-state index contributed by atoms with van der Waals surface area (Å²) in [4.78, 5) is 21.7. The third-order valence-electron chi connectivity index (χ3n) is 5.99. The summed E-state index contributed by atoms with van der Waals surface area (Å²) in [6.07, 6.45) is 9.04. The SMILES string of the molecule is Cc1ccc(C(=O)NC2CC2)cc1-c1ccc2nc(NC3CCCC3)ncc2c1. The quantitative estimate of drug-likeness (QED) is 0.658. The molecular weight excluding hydrogens is 360 g/mol. The summed E-state index contributed by atoms with van der Waals surface area (Å²) in [5.41, 5.74) is 4.95. The number of hydrogen-bond acceptors (Lipinski definition) is 4. The number of amides is 1. The van der Waals surface area contributed by atoms with E-state index in [4.69, 9.17) is 4.98 Å². The van der Waals surface area contributed by atoms with Crippen LogP contribution in [0.5, 0.6) is 0 Å². The monoisotopic (exact) mass is 386 g/mol. The summed E-state index contributed by atoms with van der Waals surface area (Å²) in [6, 6.07) is 13.0. The Labute approximate surface area is 171 Å². The van der Waals surface area contributed by atoms with E-state index >= 15 is 0 Å². The van der Waals surface area contributed by atoms with E-state index < -0.39 is 0 Å². The third kappa shape index (κ3) is 3.95. The van der Waals surface area contributed by atoms with Gasteiger partial charge in [0, 0.05) is 29.2 Å². The Kier molecular flexibility index (Phi) is 4.66. The standard InChI is InChI=1S/C24H26N4O/c1-15-6-7-17(23(29)26-20-9-10-20)13-21(15)16-8-11-22-18(12-16)14-25-24(28-22)27-19-4-2-3-5-19/h6-8,11-14,19-20H,2-5,9-10H2,1H3,(H,26,29)(H,25,27,28). The molecule has 1 amide bonds. The number of rotatable bonds is 5. The van der Waals surface area contributed by atoms with E-state index in [-0.39, 0.29) is 5.91 Å². The zero-order valence-electron chi connectivity index (χ0n) is 16.7. The largest absolute Gasteiger partial charge is 0.351 e. The maximum absolute atomic E-state index is 12.4. The Hall–Kier alpha value is -2.95. The van der Waals surface area contributed by atoms with Crippen molar-refractivity contribution < 1.29 is 4.79 Å². The van der Waals surface area contributed by atoms with Crippen molar-refractivity contribution in [1.29, 1.82) is 0 Å². The maximum Gasteiger partial charge on any atom is 0.251 e. The van der Waals surface area contributed by atoms with Gasteiger partial charge < -0.3 is 10.6 Å². The van der Waals surface area contributed by atoms with Crippen molar-refractivity contribution in [2.45, 2.75) is 57.5 Å². The molecule has 0 aliphatic heterocycles. The Bertz CT molecular complexity index is 1070. The Morgan fingerprint density at radius 2 is 1.83 bits per heavy atom. The molecule has 0 saturated heterocycles. The lowest BCUT2D eigenvalue weighted by Gasteiger charge is -2.13. The predicted octanol–water partition coefficient (Wildman–Crippen LogP) is 4.85. The van der Waals surface area contributed by atoms with Crippen LogP contribution in [0.25, 0.3) is 22.0 Å². The van der Waals surface area contributed by atoms with Gasteiger partial charge in [0.15, 0.2) is 0 Å². The summed E-state index contributed by atoms with van der Waals surface area (Å²) >= 11 is 0. The van der Waals surface area contributed by atoms with Crippen LogP contribution in [0.2, 0.25) is 0 Å². The predicted molar refractivity (Wildman–Crippen MR) is 116 cm³/mol. The second-order valence-electron chi connectivity index (χ2n) is 8.37. The summed E-state index contributed by atoms with van der Waals surface area (Å²) < 4.78 is 0. The van der Waals surface area contributed by atoms with E-state index in [2.05, 4.69) is 34.7 Å². The van der Waals surface area contributed by atoms with Gasteiger partial charge >= 0.3 is 0 Å². The average Bonchev–Trinajstić information content (AvgIpc) is 3.40. The van der Waals surface area contributed by atoms with Crippen molar-refractivity contribution >= 4 is 22.8 Å². The number of benzene rings is 2. The van der Waals surface area contributed by atoms with Gasteiger partial charge in [-0.05, 0) is 73.6 Å². The highest BCUT2D eigenvalue weighted by molar-refractivity contribution is 5.96. The van der Waals surface area contributed by atoms with Gasteiger partial charge in [-0.25, -0.2) is 9.97 Å². The number of aryl methyl sites for hydroxylation is 1. The second kappa shape index (κ2) is 7.47. The van der Waals surface area contributed by atoms with Crippen LogP contribution in [0.4, 0.5) is 5.95 Å². The smallest absolute Gasteiger partial charge is 0.251 e. The van der Waals surface area contributed by atoms with Gasteiger partial charge in [0.25, 0.3) is 5.91 Å². The molecule has 29 heavy (non-hydrogen) atoms. The fourth-order valence-electron chi connectivity index (χ4n) is 4.09. The molecule has 2 N–H and O–H groups in total. The molecule has 2 aliphatic carbocycles. The van der Waals surface area contributed by atoms with Crippen LogP contribution in [-0.4, -0.2) is 28.0 Å². The Morgan fingerprint density at radius 3 is 2.62 bits per heavy atom. The highest BCUT2D eigenvalue weighted by atomic mass is 16.1. The first kappa shape index (κ1) is 18.1. The van der Waals surface area contributed by atoms with Crippen LogP contribution in [0, 0.1) is 6.92 Å². The minimum atomic E-state index is 0.0144. The molecule has 2 aliphatic rings. The molecule has 5 heteroatoms. The van der Waals surface area contributed by atoms with Crippen molar-refractivity contribution in [1.82, 2.24) is 15.3 Å². The molecule has 2 saturated carbocycles. The molecule has 148 valence electrons. The van der Waals surface area contributed by atoms with E-state index in [0.717, 1.165) is 40.4 Å². The van der Waals surface area contributed by atoms with Gasteiger partial charge in [0.1, 0.15) is 0 Å². The molecule has 0 radical (unpaired) electrons. The molecule has 2 fully saturated rings. The third-order valence-corrected chi connectivity index (χ3v) is 5.99. The summed E-state index contributed by atoms with van der Waals surface area (Å²) in [5.74, 6) is 0.729. The van der Waals surface area contributed by atoms with Crippen LogP contribution in [0.1, 0.15) is 54.4 Å². The van der Waals surface area contributed by atoms with Crippen LogP contribution in [-0.2, 0) is 0 Å². The number of hydrogen-bond donors (Lipinski definition) is 2. The summed E-state index contributed by atoms with van der Waals surface area (Å²) in [5, 5.41) is 7.54. The molecule has 1 heterocycles. The first-order valence-corrected chi connectivity index (χ1v) is 10.6. The lowest BCUT2D eigenvalue weighted by molar-refractivity contribution is 0.0951. The van der Waals surface area contributed by atoms with Crippen molar-refractivity contribution in [3.05, 3.63) is 53.7 Å². The Balaban J connectivity index is 1.42. The lowest BCUT2D eigenvalue weighted by atomic mass is 9.97. The maximum atomic E-state index is 12.4. The van der Waals surface area contributed by atoms with Crippen LogP contribution in [0.3, 0.4) is 0 Å². The fraction of sp³-hybridized carbons (Fsp3) is 0.375. The van der Waals surface area contributed by atoms with Crippen LogP contribution in [0.15, 0.2) is 42.6 Å². The summed E-state index contributed by atoms with van der Waals surface area (Å²) in [6.45, 7) is 2.08. The molecule has 1 aromatic heterocycles. The molecule has 0 atom stereocenters. The molecule has 3 aromatic rings. The number of nitrogens with zero attached hydrogens (tertiary/aromatic N) is 2. The van der Waals surface area contributed by atoms with Gasteiger partial charge in [0.2, 0.25) is 5.95 Å². The van der Waals surface area contributed by atoms with Crippen LogP contribution < -0.4 is 10.6 Å². The van der Waals surface area contributed by atoms with Crippen molar-refractivity contribution in [3.8, 4) is 11.1 Å². The van der Waals surface area contributed by atoms with Gasteiger partial charge in [0.05, 0.1) is 5.52 Å². The normalized spacial score (nSPS) is 16.9. The zero-order valence-corrected chi connectivity index (χ0v) is 16.7. The highest BCUT2D eigenvalue weighted by Gasteiger charge is 2.24. The number of aromatic nitrogens is 2. The van der Waals surface area contributed by atoms with Gasteiger partial charge in [-0.3, -0.25) is 4.79 Å². The molecule has 5 nitrogen and oxygen atoms in total. The van der Waals surface area contributed by atoms with E-state index in [9.17, 15) is 4.79 Å². The van der Waals surface area contributed by atoms with Gasteiger partial charge in [-0.15, -0.1) is 0 Å². The highest BCUT2D eigenvalue weighted by Crippen LogP contribution is 2.29. The number of anilines is 1. The molecule has 0 spiro atoms. The van der Waals surface area contributed by atoms with E-state index in [1.54, 1.807) is 0 Å². The number of nitrogens with one attached hydrogen (secondary N) is 2. The topological polar surface area (TPSA) is 66.9 Å². The first-order chi connectivity index (χ1) is 14.2. The minimum Gasteiger partial charge on any atom is -0.351 e. The molecule has 2 aromatic carbocycles. The van der Waals surface area contributed by atoms with Gasteiger partial charge in [-0.2, -0.15) is 0 Å². The van der Waals surface area contributed by atoms with E-state index in [0.29, 0.717) is 23.6 Å². The summed E-state index contributed by atoms with van der Waals surface area (Å²) in [7, 11) is 0. The van der Waals surface area contributed by atoms with E-state index in [1.807, 2.05) is 30.5 Å². The van der Waals surface area contributed by atoms with E-state index in [1.165, 1.54) is 25.7 Å². The Morgan fingerprint density at radius 1 is 1.00 bits per heavy atom. The fourth-order valence-corrected chi connectivity index (χ4v) is 4.09. The van der Waals surface area contributed by atoms with Crippen molar-refractivity contribution in [2.75, 3.05) is 5.32 Å². The first-order valence-electron chi connectivity index (χ1n) is 10.6. The van der Waals surface area contributed by atoms with Crippen LogP contribution >= 0.6 is 0 Å². The number of carbonyl (C=O) groups is 1. The second-order valence-corrected chi connectivity index (χ2v) is 8.37.